The van der Waals surface area contributed by atoms with Gasteiger partial charge in [0.25, 0.3) is 0 Å². The maximum atomic E-state index is 14.4. The van der Waals surface area contributed by atoms with Crippen LogP contribution in [0, 0.1) is 5.92 Å². The summed E-state index contributed by atoms with van der Waals surface area (Å²) in [5.74, 6) is 1.23. The van der Waals surface area contributed by atoms with E-state index in [-0.39, 0.29) is 18.2 Å². The van der Waals surface area contributed by atoms with E-state index in [1.54, 1.807) is 11.8 Å². The Bertz CT molecular complexity index is 1380. The smallest absolute Gasteiger partial charge is 0.239 e. The average molecular weight is 676 g/mol. The van der Waals surface area contributed by atoms with E-state index in [0.29, 0.717) is 24.0 Å². The van der Waals surface area contributed by atoms with Crippen molar-refractivity contribution >= 4 is 62.0 Å². The van der Waals surface area contributed by atoms with Gasteiger partial charge in [0.05, 0.1) is 25.7 Å². The molecule has 2 atom stereocenters. The summed E-state index contributed by atoms with van der Waals surface area (Å²) in [6, 6.07) is 13.4. The fraction of sp³-hybridized carbons (Fsp3) is 0.500. The molecule has 0 saturated carbocycles. The number of benzene rings is 2. The Morgan fingerprint density at radius 2 is 1.98 bits per heavy atom. The van der Waals surface area contributed by atoms with Crippen LogP contribution in [0.5, 0.6) is 0 Å². The number of aromatic amines is 1. The SMILES string of the molecule is CC(C)CCSC1(C(=O)NCCCN2CCOCC2)CC(=O)N(Cc2ccc(Br)cc2)C1c1c[nH]c2cc(Cl)ccc12. The second-order valence-corrected chi connectivity index (χ2v) is 14.4. The molecule has 42 heavy (non-hydrogen) atoms. The molecule has 2 amide bonds. The van der Waals surface area contributed by atoms with Gasteiger partial charge in [-0.25, -0.2) is 0 Å². The zero-order valence-corrected chi connectivity index (χ0v) is 27.5. The molecule has 1 aromatic heterocycles. The van der Waals surface area contributed by atoms with Gasteiger partial charge in [0, 0.05) is 58.3 Å². The van der Waals surface area contributed by atoms with E-state index in [9.17, 15) is 9.59 Å². The fourth-order valence-electron chi connectivity index (χ4n) is 5.91. The number of rotatable bonds is 12. The van der Waals surface area contributed by atoms with Gasteiger partial charge < -0.3 is 19.9 Å². The highest BCUT2D eigenvalue weighted by molar-refractivity contribution is 9.10. The topological polar surface area (TPSA) is 77.7 Å². The van der Waals surface area contributed by atoms with Crippen molar-refractivity contribution in [2.24, 2.45) is 5.92 Å². The highest BCUT2D eigenvalue weighted by atomic mass is 79.9. The molecule has 2 unspecified atom stereocenters. The van der Waals surface area contributed by atoms with Crippen LogP contribution in [0.2, 0.25) is 5.02 Å². The van der Waals surface area contributed by atoms with Crippen molar-refractivity contribution in [3.63, 3.8) is 0 Å². The first kappa shape index (κ1) is 31.4. The Morgan fingerprint density at radius 3 is 2.71 bits per heavy atom. The van der Waals surface area contributed by atoms with Gasteiger partial charge in [-0.05, 0) is 60.9 Å². The Hall–Kier alpha value is -2.04. The predicted molar refractivity (Wildman–Crippen MR) is 175 cm³/mol. The molecule has 3 heterocycles. The summed E-state index contributed by atoms with van der Waals surface area (Å²) in [6.07, 6.45) is 3.94. The van der Waals surface area contributed by atoms with Gasteiger partial charge in [-0.1, -0.05) is 59.6 Å². The van der Waals surface area contributed by atoms with Crippen molar-refractivity contribution in [2.45, 2.75) is 50.4 Å². The third kappa shape index (κ3) is 7.18. The molecule has 3 aromatic rings. The molecular weight excluding hydrogens is 636 g/mol. The number of thioether (sulfide) groups is 1. The number of amides is 2. The maximum Gasteiger partial charge on any atom is 0.239 e. The fourth-order valence-corrected chi connectivity index (χ4v) is 8.14. The number of nitrogens with zero attached hydrogens (tertiary/aromatic N) is 2. The molecule has 0 radical (unpaired) electrons. The Morgan fingerprint density at radius 1 is 1.21 bits per heavy atom. The molecule has 2 N–H and O–H groups in total. The van der Waals surface area contributed by atoms with Crippen molar-refractivity contribution in [1.29, 1.82) is 0 Å². The molecule has 0 bridgehead atoms. The van der Waals surface area contributed by atoms with Gasteiger partial charge in [-0.3, -0.25) is 14.5 Å². The lowest BCUT2D eigenvalue weighted by atomic mass is 9.91. The van der Waals surface area contributed by atoms with Crippen LogP contribution in [0.1, 0.15) is 50.3 Å². The van der Waals surface area contributed by atoms with E-state index in [0.717, 1.165) is 77.9 Å². The third-order valence-electron chi connectivity index (χ3n) is 8.20. The van der Waals surface area contributed by atoms with E-state index < -0.39 is 10.8 Å². The van der Waals surface area contributed by atoms with E-state index in [4.69, 9.17) is 16.3 Å². The lowest BCUT2D eigenvalue weighted by molar-refractivity contribution is -0.129. The minimum atomic E-state index is -0.963. The highest BCUT2D eigenvalue weighted by Crippen LogP contribution is 2.52. The summed E-state index contributed by atoms with van der Waals surface area (Å²) in [6.45, 7) is 9.67. The highest BCUT2D eigenvalue weighted by Gasteiger charge is 2.58. The van der Waals surface area contributed by atoms with Crippen molar-refractivity contribution in [3.05, 3.63) is 69.3 Å². The summed E-state index contributed by atoms with van der Waals surface area (Å²) in [7, 11) is 0. The number of hydrogen-bond acceptors (Lipinski definition) is 5. The number of likely N-dealkylation sites (tertiary alicyclic amines) is 1. The Labute approximate surface area is 266 Å². The molecular formula is C32H40BrClN4O3S. The molecule has 2 saturated heterocycles. The molecule has 0 spiro atoms. The summed E-state index contributed by atoms with van der Waals surface area (Å²) >= 11 is 11.5. The van der Waals surface area contributed by atoms with Crippen LogP contribution >= 0.6 is 39.3 Å². The number of halogens is 2. The van der Waals surface area contributed by atoms with E-state index >= 15 is 0 Å². The van der Waals surface area contributed by atoms with Crippen molar-refractivity contribution in [3.8, 4) is 0 Å². The van der Waals surface area contributed by atoms with E-state index in [1.165, 1.54) is 0 Å². The number of nitrogens with one attached hydrogen (secondary N) is 2. The zero-order chi connectivity index (χ0) is 29.7. The number of H-pyrrole nitrogens is 1. The van der Waals surface area contributed by atoms with Crippen molar-refractivity contribution in [2.75, 3.05) is 45.1 Å². The number of carbonyl (C=O) groups is 2. The van der Waals surface area contributed by atoms with Crippen LogP contribution in [0.15, 0.2) is 53.1 Å². The van der Waals surface area contributed by atoms with Crippen LogP contribution in [-0.4, -0.2) is 76.5 Å². The number of aromatic nitrogens is 1. The summed E-state index contributed by atoms with van der Waals surface area (Å²) < 4.78 is 5.49. The molecule has 2 fully saturated rings. The monoisotopic (exact) mass is 674 g/mol. The van der Waals surface area contributed by atoms with Crippen molar-refractivity contribution in [1.82, 2.24) is 20.1 Å². The third-order valence-corrected chi connectivity index (χ3v) is 10.5. The summed E-state index contributed by atoms with van der Waals surface area (Å²) in [5.41, 5.74) is 2.87. The normalized spacial score (nSPS) is 21.5. The number of ether oxygens (including phenoxy) is 1. The van der Waals surface area contributed by atoms with Gasteiger partial charge in [0.15, 0.2) is 0 Å². The molecule has 5 rings (SSSR count). The second kappa shape index (κ2) is 14.2. The first-order valence-electron chi connectivity index (χ1n) is 14.8. The summed E-state index contributed by atoms with van der Waals surface area (Å²) in [4.78, 5) is 36.0. The largest absolute Gasteiger partial charge is 0.379 e. The number of carbonyl (C=O) groups excluding carboxylic acids is 2. The van der Waals surface area contributed by atoms with Gasteiger partial charge in [0.1, 0.15) is 4.75 Å². The standard InChI is InChI=1S/C32H40BrClN4O3S/c1-22(2)10-17-42-32(31(40)35-11-3-12-37-13-15-41-16-14-37)19-29(39)38(21-23-4-6-24(33)7-5-23)30(32)27-20-36-28-18-25(34)8-9-26(27)28/h4-9,18,20,22,30,36H,3,10-17,19,21H2,1-2H3,(H,35,40). The van der Waals surface area contributed by atoms with Crippen LogP contribution in [0.3, 0.4) is 0 Å². The quantitative estimate of drug-likeness (QED) is 0.217. The first-order chi connectivity index (χ1) is 20.3. The molecule has 2 aromatic carbocycles. The summed E-state index contributed by atoms with van der Waals surface area (Å²) in [5, 5.41) is 4.89. The number of morpholine rings is 1. The Kier molecular flexibility index (Phi) is 10.6. The lowest BCUT2D eigenvalue weighted by Gasteiger charge is -2.36. The van der Waals surface area contributed by atoms with Gasteiger partial charge in [-0.2, -0.15) is 0 Å². The van der Waals surface area contributed by atoms with E-state index in [2.05, 4.69) is 45.0 Å². The van der Waals surface area contributed by atoms with Crippen LogP contribution in [-0.2, 0) is 20.9 Å². The molecule has 10 heteroatoms. The molecule has 2 aliphatic heterocycles. The van der Waals surface area contributed by atoms with Gasteiger partial charge in [-0.15, -0.1) is 11.8 Å². The van der Waals surface area contributed by atoms with Crippen molar-refractivity contribution < 1.29 is 14.3 Å². The molecule has 7 nitrogen and oxygen atoms in total. The first-order valence-corrected chi connectivity index (χ1v) is 17.0. The van der Waals surface area contributed by atoms with Crippen LogP contribution in [0.4, 0.5) is 0 Å². The zero-order valence-electron chi connectivity index (χ0n) is 24.3. The van der Waals surface area contributed by atoms with Gasteiger partial charge >= 0.3 is 0 Å². The predicted octanol–water partition coefficient (Wildman–Crippen LogP) is 6.41. The average Bonchev–Trinajstić information content (AvgIpc) is 3.50. The molecule has 0 aliphatic carbocycles. The molecule has 226 valence electrons. The number of hydrogen-bond donors (Lipinski definition) is 2. The lowest BCUT2D eigenvalue weighted by Crippen LogP contribution is -2.49. The second-order valence-electron chi connectivity index (χ2n) is 11.6. The van der Waals surface area contributed by atoms with Gasteiger partial charge in [0.2, 0.25) is 11.8 Å². The minimum Gasteiger partial charge on any atom is -0.379 e. The number of fused-ring (bicyclic) bond motifs is 1. The van der Waals surface area contributed by atoms with Crippen LogP contribution in [0.25, 0.3) is 10.9 Å². The van der Waals surface area contributed by atoms with E-state index in [1.807, 2.05) is 53.6 Å². The van der Waals surface area contributed by atoms with Crippen LogP contribution < -0.4 is 5.32 Å². The Balaban J connectivity index is 1.48. The minimum absolute atomic E-state index is 0.00764. The molecule has 2 aliphatic rings. The maximum absolute atomic E-state index is 14.4.